The van der Waals surface area contributed by atoms with Crippen molar-refractivity contribution in [2.24, 2.45) is 0 Å². The second kappa shape index (κ2) is 11.5. The number of pyridine rings is 1. The third kappa shape index (κ3) is 7.93. The molecule has 2 aromatic rings. The van der Waals surface area contributed by atoms with E-state index in [0.717, 1.165) is 35.8 Å². The van der Waals surface area contributed by atoms with Crippen LogP contribution in [0.25, 0.3) is 0 Å². The van der Waals surface area contributed by atoms with Gasteiger partial charge in [0.15, 0.2) is 0 Å². The average Bonchev–Trinajstić information content (AvgIpc) is 3.11. The summed E-state index contributed by atoms with van der Waals surface area (Å²) >= 11 is 1.41. The van der Waals surface area contributed by atoms with Crippen LogP contribution in [0.15, 0.2) is 12.1 Å². The summed E-state index contributed by atoms with van der Waals surface area (Å²) in [4.78, 5) is 19.0. The smallest absolute Gasteiger partial charge is 0.353 e. The van der Waals surface area contributed by atoms with Crippen molar-refractivity contribution in [3.05, 3.63) is 39.1 Å². The first-order valence-electron chi connectivity index (χ1n) is 12.6. The van der Waals surface area contributed by atoms with Gasteiger partial charge in [0.1, 0.15) is 15.7 Å². The number of hydrogen-bond acceptors (Lipinski definition) is 6. The molecule has 0 atom stereocenters. The molecule has 4 rings (SSSR count). The van der Waals surface area contributed by atoms with Gasteiger partial charge in [-0.25, -0.2) is 4.39 Å². The SMILES string of the molecule is Cc1nnc(CC(=O)N[C@H]2CC[C@](F)(CCN3CCc4ccc(CCC(F)(F)F)nc4CC3)CC2)s1. The van der Waals surface area contributed by atoms with Crippen molar-refractivity contribution in [3.8, 4) is 0 Å². The summed E-state index contributed by atoms with van der Waals surface area (Å²) in [7, 11) is 0. The molecule has 1 aliphatic carbocycles. The first-order valence-corrected chi connectivity index (χ1v) is 13.4. The van der Waals surface area contributed by atoms with Gasteiger partial charge in [-0.15, -0.1) is 21.5 Å². The van der Waals surface area contributed by atoms with Gasteiger partial charge >= 0.3 is 6.18 Å². The van der Waals surface area contributed by atoms with Gasteiger partial charge < -0.3 is 10.2 Å². The van der Waals surface area contributed by atoms with E-state index in [1.165, 1.54) is 11.3 Å². The van der Waals surface area contributed by atoms with Crippen LogP contribution in [0.2, 0.25) is 0 Å². The highest BCUT2D eigenvalue weighted by molar-refractivity contribution is 7.11. The molecule has 0 bridgehead atoms. The Morgan fingerprint density at radius 2 is 1.94 bits per heavy atom. The minimum absolute atomic E-state index is 0.0132. The largest absolute Gasteiger partial charge is 0.389 e. The first-order chi connectivity index (χ1) is 17.1. The molecule has 198 valence electrons. The number of aromatic nitrogens is 3. The number of aryl methyl sites for hydroxylation is 2. The molecular formula is C25H33F4N5OS. The maximum atomic E-state index is 15.5. The lowest BCUT2D eigenvalue weighted by atomic mass is 9.81. The van der Waals surface area contributed by atoms with Crippen LogP contribution in [0.3, 0.4) is 0 Å². The summed E-state index contributed by atoms with van der Waals surface area (Å²) in [5, 5.41) is 12.4. The van der Waals surface area contributed by atoms with Gasteiger partial charge in [-0.3, -0.25) is 9.78 Å². The predicted octanol–water partition coefficient (Wildman–Crippen LogP) is 4.54. The van der Waals surface area contributed by atoms with Gasteiger partial charge in [-0.1, -0.05) is 6.07 Å². The highest BCUT2D eigenvalue weighted by Gasteiger charge is 2.36. The summed E-state index contributed by atoms with van der Waals surface area (Å²) in [6.07, 6.45) is -0.984. The molecule has 3 heterocycles. The maximum absolute atomic E-state index is 15.5. The highest BCUT2D eigenvalue weighted by Crippen LogP contribution is 2.35. The van der Waals surface area contributed by atoms with E-state index in [-0.39, 0.29) is 24.8 Å². The van der Waals surface area contributed by atoms with Gasteiger partial charge in [0.05, 0.1) is 6.42 Å². The van der Waals surface area contributed by atoms with Crippen LogP contribution < -0.4 is 5.32 Å². The quantitative estimate of drug-likeness (QED) is 0.511. The standard InChI is InChI=1S/C25H33F4N5OS/c1-17-32-33-23(36-17)16-22(35)31-20-4-9-24(26,10-5-20)12-15-34-13-7-18-2-3-19(6-11-25(27,28)29)30-21(18)8-14-34/h2-3,20H,4-16H2,1H3,(H,31,35)/t20-,24+. The van der Waals surface area contributed by atoms with E-state index < -0.39 is 18.3 Å². The van der Waals surface area contributed by atoms with Crippen molar-refractivity contribution in [1.29, 1.82) is 0 Å². The summed E-state index contributed by atoms with van der Waals surface area (Å²) in [5.74, 6) is -0.0955. The normalized spacial score (nSPS) is 23.2. The summed E-state index contributed by atoms with van der Waals surface area (Å²) < 4.78 is 53.1. The number of amides is 1. The fraction of sp³-hybridized carbons (Fsp3) is 0.680. The number of carbonyl (C=O) groups excluding carboxylic acids is 1. The second-order valence-corrected chi connectivity index (χ2v) is 11.3. The van der Waals surface area contributed by atoms with Crippen LogP contribution in [0.5, 0.6) is 0 Å². The van der Waals surface area contributed by atoms with Crippen LogP contribution in [0, 0.1) is 6.92 Å². The molecule has 0 saturated heterocycles. The van der Waals surface area contributed by atoms with Crippen LogP contribution in [-0.2, 0) is 30.5 Å². The van der Waals surface area contributed by atoms with E-state index >= 15 is 4.39 Å². The predicted molar refractivity (Wildman–Crippen MR) is 130 cm³/mol. The zero-order valence-electron chi connectivity index (χ0n) is 20.5. The molecule has 6 nitrogen and oxygen atoms in total. The zero-order chi connectivity index (χ0) is 25.8. The van der Waals surface area contributed by atoms with Gasteiger partial charge in [0.2, 0.25) is 5.91 Å². The van der Waals surface area contributed by atoms with Crippen molar-refractivity contribution in [2.45, 2.75) is 89.0 Å². The first kappa shape index (κ1) is 26.9. The van der Waals surface area contributed by atoms with Crippen molar-refractivity contribution >= 4 is 17.2 Å². The number of hydrogen-bond donors (Lipinski definition) is 1. The number of alkyl halides is 4. The molecule has 0 spiro atoms. The monoisotopic (exact) mass is 527 g/mol. The molecule has 2 aliphatic rings. The number of nitrogens with zero attached hydrogens (tertiary/aromatic N) is 4. The molecule has 0 aromatic carbocycles. The van der Waals surface area contributed by atoms with E-state index in [4.69, 9.17) is 0 Å². The molecule has 36 heavy (non-hydrogen) atoms. The Hall–Kier alpha value is -2.14. The van der Waals surface area contributed by atoms with E-state index in [1.54, 1.807) is 6.07 Å². The number of carbonyl (C=O) groups is 1. The van der Waals surface area contributed by atoms with E-state index in [9.17, 15) is 18.0 Å². The molecular weight excluding hydrogens is 494 g/mol. The zero-order valence-corrected chi connectivity index (χ0v) is 21.4. The number of rotatable bonds is 8. The molecule has 11 heteroatoms. The lowest BCUT2D eigenvalue weighted by Gasteiger charge is -2.35. The Balaban J connectivity index is 1.19. The topological polar surface area (TPSA) is 71.0 Å². The van der Waals surface area contributed by atoms with Crippen LogP contribution in [0.1, 0.15) is 65.5 Å². The summed E-state index contributed by atoms with van der Waals surface area (Å²) in [6.45, 7) is 4.00. The fourth-order valence-electron chi connectivity index (χ4n) is 5.02. The van der Waals surface area contributed by atoms with Gasteiger partial charge in [0, 0.05) is 49.9 Å². The molecule has 2 aromatic heterocycles. The molecule has 1 fully saturated rings. The minimum Gasteiger partial charge on any atom is -0.353 e. The fourth-order valence-corrected chi connectivity index (χ4v) is 5.73. The molecule has 1 saturated carbocycles. The van der Waals surface area contributed by atoms with Gasteiger partial charge in [-0.05, 0) is 63.5 Å². The third-order valence-electron chi connectivity index (χ3n) is 7.16. The number of halogens is 4. The number of nitrogens with one attached hydrogen (secondary N) is 1. The Morgan fingerprint density at radius 1 is 1.19 bits per heavy atom. The van der Waals surface area contributed by atoms with Crippen LogP contribution in [0.4, 0.5) is 17.6 Å². The second-order valence-electron chi connectivity index (χ2n) is 10.00. The van der Waals surface area contributed by atoms with Crippen molar-refractivity contribution < 1.29 is 22.4 Å². The molecule has 1 aliphatic heterocycles. The Kier molecular flexibility index (Phi) is 8.59. The Labute approximate surface area is 212 Å². The molecule has 0 unspecified atom stereocenters. The summed E-state index contributed by atoms with van der Waals surface area (Å²) in [5.41, 5.74) is 1.18. The van der Waals surface area contributed by atoms with E-state index in [2.05, 4.69) is 25.4 Å². The van der Waals surface area contributed by atoms with Crippen molar-refractivity contribution in [3.63, 3.8) is 0 Å². The minimum atomic E-state index is -4.18. The van der Waals surface area contributed by atoms with E-state index in [0.29, 0.717) is 55.8 Å². The number of fused-ring (bicyclic) bond motifs is 1. The van der Waals surface area contributed by atoms with Crippen molar-refractivity contribution in [2.75, 3.05) is 19.6 Å². The van der Waals surface area contributed by atoms with E-state index in [1.807, 2.05) is 13.0 Å². The summed E-state index contributed by atoms with van der Waals surface area (Å²) in [6, 6.07) is 3.58. The Bertz CT molecular complexity index is 1040. The van der Waals surface area contributed by atoms with Gasteiger partial charge in [-0.2, -0.15) is 13.2 Å². The Morgan fingerprint density at radius 3 is 2.64 bits per heavy atom. The highest BCUT2D eigenvalue weighted by atomic mass is 32.1. The molecule has 0 radical (unpaired) electrons. The van der Waals surface area contributed by atoms with Crippen LogP contribution in [-0.4, -0.2) is 63.5 Å². The third-order valence-corrected chi connectivity index (χ3v) is 7.99. The average molecular weight is 528 g/mol. The lowest BCUT2D eigenvalue weighted by Crippen LogP contribution is -2.43. The van der Waals surface area contributed by atoms with Gasteiger partial charge in [0.25, 0.3) is 0 Å². The molecule has 1 N–H and O–H groups in total. The maximum Gasteiger partial charge on any atom is 0.389 e. The molecule has 1 amide bonds. The van der Waals surface area contributed by atoms with Crippen LogP contribution >= 0.6 is 11.3 Å². The lowest BCUT2D eigenvalue weighted by molar-refractivity contribution is -0.134. The van der Waals surface area contributed by atoms with Crippen molar-refractivity contribution in [1.82, 2.24) is 25.4 Å².